The zero-order chi connectivity index (χ0) is 12.1. The molecule has 96 valence electrons. The van der Waals surface area contributed by atoms with Crippen LogP contribution in [0.3, 0.4) is 0 Å². The van der Waals surface area contributed by atoms with E-state index < -0.39 is 0 Å². The lowest BCUT2D eigenvalue weighted by Gasteiger charge is -2.07. The molecule has 0 saturated carbocycles. The second-order valence-electron chi connectivity index (χ2n) is 3.64. The first-order valence-corrected chi connectivity index (χ1v) is 6.06. The maximum Gasteiger partial charge on any atom is 0.0637 e. The number of hydrogen-bond acceptors (Lipinski definition) is 2. The topological polar surface area (TPSA) is 24.9 Å². The standard InChI is InChI=1S/C13H12Cl2N2.ClH/c14-12-6-3-4-10(13(12)15)8-16-9-11-5-1-2-7-17-11;/h1-7,16H,8-9H2;1H/p-1. The van der Waals surface area contributed by atoms with Crippen LogP contribution in [0, 0.1) is 0 Å². The normalized spacial score (nSPS) is 9.89. The number of halogens is 3. The number of nitrogens with one attached hydrogen (secondary N) is 1. The third kappa shape index (κ3) is 4.14. The first-order valence-electron chi connectivity index (χ1n) is 5.31. The van der Waals surface area contributed by atoms with Crippen LogP contribution in [0.25, 0.3) is 0 Å². The van der Waals surface area contributed by atoms with E-state index in [9.17, 15) is 0 Å². The molecule has 0 spiro atoms. The van der Waals surface area contributed by atoms with Gasteiger partial charge < -0.3 is 17.7 Å². The molecule has 1 aromatic carbocycles. The van der Waals surface area contributed by atoms with Crippen LogP contribution in [0.5, 0.6) is 0 Å². The van der Waals surface area contributed by atoms with Crippen LogP contribution in [0.4, 0.5) is 0 Å². The second-order valence-corrected chi connectivity index (χ2v) is 4.42. The summed E-state index contributed by atoms with van der Waals surface area (Å²) in [5, 5.41) is 4.48. The van der Waals surface area contributed by atoms with Gasteiger partial charge in [-0.25, -0.2) is 0 Å². The minimum atomic E-state index is 0. The van der Waals surface area contributed by atoms with E-state index in [-0.39, 0.29) is 12.4 Å². The van der Waals surface area contributed by atoms with Crippen molar-refractivity contribution >= 4 is 23.2 Å². The predicted molar refractivity (Wildman–Crippen MR) is 71.2 cm³/mol. The van der Waals surface area contributed by atoms with Gasteiger partial charge in [-0.15, -0.1) is 0 Å². The SMILES string of the molecule is Clc1cccc(CNCc2ccccn2)c1Cl.[Cl-]. The van der Waals surface area contributed by atoms with Crippen LogP contribution in [0.2, 0.25) is 10.0 Å². The molecule has 0 bridgehead atoms. The number of aromatic nitrogens is 1. The highest BCUT2D eigenvalue weighted by molar-refractivity contribution is 6.42. The Morgan fingerprint density at radius 1 is 1.00 bits per heavy atom. The Balaban J connectivity index is 0.00000162. The number of rotatable bonds is 4. The molecule has 18 heavy (non-hydrogen) atoms. The van der Waals surface area contributed by atoms with E-state index in [0.29, 0.717) is 23.1 Å². The van der Waals surface area contributed by atoms with E-state index in [1.54, 1.807) is 12.3 Å². The van der Waals surface area contributed by atoms with Crippen LogP contribution >= 0.6 is 23.2 Å². The summed E-state index contributed by atoms with van der Waals surface area (Å²) in [5.41, 5.74) is 2.00. The van der Waals surface area contributed by atoms with Crippen molar-refractivity contribution in [1.29, 1.82) is 0 Å². The summed E-state index contributed by atoms with van der Waals surface area (Å²) in [7, 11) is 0. The number of hydrogen-bond donors (Lipinski definition) is 1. The maximum absolute atomic E-state index is 6.09. The fourth-order valence-corrected chi connectivity index (χ4v) is 1.90. The molecule has 0 unspecified atom stereocenters. The molecule has 0 aliphatic carbocycles. The number of nitrogens with zero attached hydrogens (tertiary/aromatic N) is 1. The van der Waals surface area contributed by atoms with Gasteiger partial charge in [-0.1, -0.05) is 41.4 Å². The Bertz CT molecular complexity index is 489. The minimum absolute atomic E-state index is 0. The summed E-state index contributed by atoms with van der Waals surface area (Å²) in [6, 6.07) is 11.5. The molecular formula is C13H12Cl3N2-. The second kappa shape index (κ2) is 7.59. The molecule has 2 aromatic rings. The van der Waals surface area contributed by atoms with Gasteiger partial charge >= 0.3 is 0 Å². The van der Waals surface area contributed by atoms with Gasteiger partial charge in [0.1, 0.15) is 0 Å². The first-order chi connectivity index (χ1) is 8.27. The highest BCUT2D eigenvalue weighted by Gasteiger charge is 2.03. The van der Waals surface area contributed by atoms with E-state index in [1.807, 2.05) is 30.3 Å². The molecule has 0 saturated heterocycles. The van der Waals surface area contributed by atoms with Gasteiger partial charge in [-0.05, 0) is 23.8 Å². The Kier molecular flexibility index (Phi) is 6.44. The molecule has 0 atom stereocenters. The molecule has 1 aromatic heterocycles. The van der Waals surface area contributed by atoms with Crippen LogP contribution in [-0.4, -0.2) is 4.98 Å². The van der Waals surface area contributed by atoms with Gasteiger partial charge in [0.25, 0.3) is 0 Å². The van der Waals surface area contributed by atoms with Crippen molar-refractivity contribution in [2.45, 2.75) is 13.1 Å². The van der Waals surface area contributed by atoms with Gasteiger partial charge in [-0.3, -0.25) is 4.98 Å². The summed E-state index contributed by atoms with van der Waals surface area (Å²) in [4.78, 5) is 4.23. The highest BCUT2D eigenvalue weighted by atomic mass is 35.5. The molecule has 0 amide bonds. The Hall–Kier alpha value is -0.800. The van der Waals surface area contributed by atoms with Crippen LogP contribution in [-0.2, 0) is 13.1 Å². The smallest absolute Gasteiger partial charge is 0.0637 e. The molecule has 0 fully saturated rings. The van der Waals surface area contributed by atoms with Crippen molar-refractivity contribution in [1.82, 2.24) is 10.3 Å². The number of pyridine rings is 1. The van der Waals surface area contributed by atoms with E-state index in [2.05, 4.69) is 10.3 Å². The van der Waals surface area contributed by atoms with Gasteiger partial charge in [-0.2, -0.15) is 0 Å². The van der Waals surface area contributed by atoms with Crippen molar-refractivity contribution < 1.29 is 12.4 Å². The minimum Gasteiger partial charge on any atom is -1.00 e. The molecule has 0 aliphatic rings. The molecule has 2 rings (SSSR count). The molecule has 5 heteroatoms. The van der Waals surface area contributed by atoms with Crippen LogP contribution < -0.4 is 17.7 Å². The van der Waals surface area contributed by atoms with Gasteiger partial charge in [0, 0.05) is 19.3 Å². The van der Waals surface area contributed by atoms with Crippen molar-refractivity contribution in [3.8, 4) is 0 Å². The lowest BCUT2D eigenvalue weighted by atomic mass is 10.2. The van der Waals surface area contributed by atoms with Gasteiger partial charge in [0.2, 0.25) is 0 Å². The lowest BCUT2D eigenvalue weighted by molar-refractivity contribution is -0.00000335. The van der Waals surface area contributed by atoms with E-state index >= 15 is 0 Å². The molecule has 1 heterocycles. The van der Waals surface area contributed by atoms with E-state index in [1.165, 1.54) is 0 Å². The van der Waals surface area contributed by atoms with Crippen LogP contribution in [0.15, 0.2) is 42.6 Å². The lowest BCUT2D eigenvalue weighted by Crippen LogP contribution is -3.00. The summed E-state index contributed by atoms with van der Waals surface area (Å²) < 4.78 is 0. The third-order valence-corrected chi connectivity index (χ3v) is 3.24. The molecule has 1 N–H and O–H groups in total. The van der Waals surface area contributed by atoms with Crippen molar-refractivity contribution in [2.75, 3.05) is 0 Å². The van der Waals surface area contributed by atoms with E-state index in [4.69, 9.17) is 23.2 Å². The quantitative estimate of drug-likeness (QED) is 0.898. The zero-order valence-electron chi connectivity index (χ0n) is 9.54. The molecule has 0 radical (unpaired) electrons. The fourth-order valence-electron chi connectivity index (χ4n) is 1.51. The summed E-state index contributed by atoms with van der Waals surface area (Å²) >= 11 is 12.0. The Morgan fingerprint density at radius 3 is 2.56 bits per heavy atom. The number of benzene rings is 1. The van der Waals surface area contributed by atoms with Crippen molar-refractivity contribution in [3.63, 3.8) is 0 Å². The van der Waals surface area contributed by atoms with Crippen molar-refractivity contribution in [3.05, 3.63) is 63.9 Å². The van der Waals surface area contributed by atoms with Gasteiger partial charge in [0.05, 0.1) is 15.7 Å². The largest absolute Gasteiger partial charge is 1.00 e. The highest BCUT2D eigenvalue weighted by Crippen LogP contribution is 2.25. The Labute approximate surface area is 123 Å². The van der Waals surface area contributed by atoms with E-state index in [0.717, 1.165) is 11.3 Å². The zero-order valence-corrected chi connectivity index (χ0v) is 11.8. The third-order valence-electron chi connectivity index (χ3n) is 2.38. The maximum atomic E-state index is 6.09. The summed E-state index contributed by atoms with van der Waals surface area (Å²) in [6.45, 7) is 1.39. The van der Waals surface area contributed by atoms with Crippen molar-refractivity contribution in [2.24, 2.45) is 0 Å². The fraction of sp³-hybridized carbons (Fsp3) is 0.154. The average Bonchev–Trinajstić information content (AvgIpc) is 2.36. The average molecular weight is 303 g/mol. The molecular weight excluding hydrogens is 291 g/mol. The monoisotopic (exact) mass is 301 g/mol. The summed E-state index contributed by atoms with van der Waals surface area (Å²) in [6.07, 6.45) is 1.78. The molecule has 0 aliphatic heterocycles. The summed E-state index contributed by atoms with van der Waals surface area (Å²) in [5.74, 6) is 0. The first kappa shape index (κ1) is 15.3. The Morgan fingerprint density at radius 2 is 1.83 bits per heavy atom. The predicted octanol–water partition coefficient (Wildman–Crippen LogP) is 0.682. The molecule has 2 nitrogen and oxygen atoms in total. The van der Waals surface area contributed by atoms with Gasteiger partial charge in [0.15, 0.2) is 0 Å². The van der Waals surface area contributed by atoms with Crippen LogP contribution in [0.1, 0.15) is 11.3 Å².